The molecule has 1 saturated carbocycles. The quantitative estimate of drug-likeness (QED) is 0.910. The monoisotopic (exact) mass is 261 g/mol. The minimum atomic E-state index is 0.129. The maximum Gasteiger partial charge on any atom is 0.138 e. The Balaban J connectivity index is 2.06. The lowest BCUT2D eigenvalue weighted by atomic mass is 9.98. The number of nitrogens with one attached hydrogen (secondary N) is 1. The van der Waals surface area contributed by atoms with E-state index >= 15 is 0 Å². The van der Waals surface area contributed by atoms with Gasteiger partial charge in [-0.1, -0.05) is 0 Å². The van der Waals surface area contributed by atoms with Gasteiger partial charge in [-0.2, -0.15) is 0 Å². The fraction of sp³-hybridized carbons (Fsp3) is 0.571. The van der Waals surface area contributed by atoms with Crippen molar-refractivity contribution in [3.63, 3.8) is 0 Å². The van der Waals surface area contributed by atoms with Crippen molar-refractivity contribution in [2.45, 2.75) is 46.1 Å². The van der Waals surface area contributed by atoms with Gasteiger partial charge in [0.1, 0.15) is 17.0 Å². The van der Waals surface area contributed by atoms with Crippen LogP contribution in [0.25, 0.3) is 10.2 Å². The molecule has 2 heterocycles. The molecule has 18 heavy (non-hydrogen) atoms. The van der Waals surface area contributed by atoms with E-state index in [9.17, 15) is 0 Å². The second kappa shape index (κ2) is 3.92. The lowest BCUT2D eigenvalue weighted by Gasteiger charge is -2.27. The summed E-state index contributed by atoms with van der Waals surface area (Å²) in [6, 6.07) is 0. The third-order valence-corrected chi connectivity index (χ3v) is 5.12. The first-order valence-electron chi connectivity index (χ1n) is 6.48. The highest BCUT2D eigenvalue weighted by atomic mass is 32.1. The predicted molar refractivity (Wildman–Crippen MR) is 77.3 cm³/mol. The van der Waals surface area contributed by atoms with Crippen LogP contribution in [0.4, 0.5) is 5.82 Å². The van der Waals surface area contributed by atoms with Gasteiger partial charge in [0.25, 0.3) is 0 Å². The van der Waals surface area contributed by atoms with Gasteiger partial charge in [0, 0.05) is 10.4 Å². The molecule has 96 valence electrons. The van der Waals surface area contributed by atoms with Gasteiger partial charge in [-0.15, -0.1) is 11.3 Å². The summed E-state index contributed by atoms with van der Waals surface area (Å²) in [6.45, 7) is 8.85. The maximum atomic E-state index is 4.46. The number of nitrogens with zero attached hydrogens (tertiary/aromatic N) is 2. The SMILES string of the molecule is Cc1sc2ncnc(NC(C)(C)C3CC3)c2c1C. The topological polar surface area (TPSA) is 37.8 Å². The highest BCUT2D eigenvalue weighted by Crippen LogP contribution is 2.42. The van der Waals surface area contributed by atoms with Crippen LogP contribution in [0.2, 0.25) is 0 Å². The number of aryl methyl sites for hydroxylation is 2. The van der Waals surface area contributed by atoms with Gasteiger partial charge < -0.3 is 5.32 Å². The van der Waals surface area contributed by atoms with E-state index in [0.29, 0.717) is 0 Å². The first-order valence-corrected chi connectivity index (χ1v) is 7.29. The molecule has 1 N–H and O–H groups in total. The zero-order valence-electron chi connectivity index (χ0n) is 11.4. The molecular weight excluding hydrogens is 242 g/mol. The zero-order valence-corrected chi connectivity index (χ0v) is 12.2. The van der Waals surface area contributed by atoms with E-state index in [2.05, 4.69) is 43.0 Å². The van der Waals surface area contributed by atoms with E-state index in [0.717, 1.165) is 16.6 Å². The molecule has 1 aliphatic rings. The number of hydrogen-bond acceptors (Lipinski definition) is 4. The molecule has 0 saturated heterocycles. The summed E-state index contributed by atoms with van der Waals surface area (Å²) in [5.74, 6) is 1.78. The van der Waals surface area contributed by atoms with Gasteiger partial charge in [0.15, 0.2) is 0 Å². The number of anilines is 1. The van der Waals surface area contributed by atoms with Crippen molar-refractivity contribution >= 4 is 27.4 Å². The summed E-state index contributed by atoms with van der Waals surface area (Å²) in [5.41, 5.74) is 1.44. The molecule has 0 bridgehead atoms. The molecule has 0 atom stereocenters. The molecule has 0 spiro atoms. The van der Waals surface area contributed by atoms with Gasteiger partial charge in [-0.3, -0.25) is 0 Å². The maximum absolute atomic E-state index is 4.46. The van der Waals surface area contributed by atoms with Crippen LogP contribution in [0.1, 0.15) is 37.1 Å². The van der Waals surface area contributed by atoms with Crippen LogP contribution in [-0.4, -0.2) is 15.5 Å². The summed E-state index contributed by atoms with van der Waals surface area (Å²) in [6.07, 6.45) is 4.33. The van der Waals surface area contributed by atoms with E-state index in [4.69, 9.17) is 0 Å². The first-order chi connectivity index (χ1) is 8.49. The zero-order chi connectivity index (χ0) is 12.9. The third-order valence-electron chi connectivity index (χ3n) is 4.00. The summed E-state index contributed by atoms with van der Waals surface area (Å²) < 4.78 is 0. The van der Waals surface area contributed by atoms with Gasteiger partial charge in [-0.05, 0) is 52.0 Å². The van der Waals surface area contributed by atoms with E-state index in [1.807, 2.05) is 0 Å². The van der Waals surface area contributed by atoms with E-state index in [1.54, 1.807) is 17.7 Å². The Kier molecular flexibility index (Phi) is 2.59. The molecule has 0 aliphatic heterocycles. The lowest BCUT2D eigenvalue weighted by Crippen LogP contribution is -2.33. The molecule has 1 aliphatic carbocycles. The number of hydrogen-bond donors (Lipinski definition) is 1. The molecule has 3 rings (SSSR count). The fourth-order valence-corrected chi connectivity index (χ4v) is 3.49. The normalized spacial score (nSPS) is 16.2. The highest BCUT2D eigenvalue weighted by Gasteiger charge is 2.38. The average Bonchev–Trinajstić information content (AvgIpc) is 3.08. The Labute approximate surface area is 112 Å². The van der Waals surface area contributed by atoms with E-state index < -0.39 is 0 Å². The van der Waals surface area contributed by atoms with Crippen LogP contribution in [0, 0.1) is 19.8 Å². The summed E-state index contributed by atoms with van der Waals surface area (Å²) >= 11 is 1.75. The molecule has 0 unspecified atom stereocenters. The Morgan fingerprint density at radius 2 is 2.00 bits per heavy atom. The van der Waals surface area contributed by atoms with Crippen molar-refractivity contribution in [2.75, 3.05) is 5.32 Å². The smallest absolute Gasteiger partial charge is 0.138 e. The number of aromatic nitrogens is 2. The van der Waals surface area contributed by atoms with Crippen molar-refractivity contribution in [1.82, 2.24) is 9.97 Å². The van der Waals surface area contributed by atoms with Crippen LogP contribution < -0.4 is 5.32 Å². The van der Waals surface area contributed by atoms with Crippen molar-refractivity contribution in [2.24, 2.45) is 5.92 Å². The summed E-state index contributed by atoms with van der Waals surface area (Å²) in [5, 5.41) is 4.84. The van der Waals surface area contributed by atoms with Gasteiger partial charge in [-0.25, -0.2) is 9.97 Å². The number of fused-ring (bicyclic) bond motifs is 1. The Bertz CT molecular complexity index is 596. The van der Waals surface area contributed by atoms with Crippen LogP contribution in [-0.2, 0) is 0 Å². The van der Waals surface area contributed by atoms with Crippen molar-refractivity contribution in [1.29, 1.82) is 0 Å². The second-order valence-electron chi connectivity index (χ2n) is 5.81. The van der Waals surface area contributed by atoms with Crippen molar-refractivity contribution < 1.29 is 0 Å². The van der Waals surface area contributed by atoms with Gasteiger partial charge in [0.2, 0.25) is 0 Å². The molecule has 0 amide bonds. The minimum absolute atomic E-state index is 0.129. The number of thiophene rings is 1. The predicted octanol–water partition coefficient (Wildman–Crippen LogP) is 3.91. The molecular formula is C14H19N3S. The first kappa shape index (κ1) is 11.9. The van der Waals surface area contributed by atoms with E-state index in [1.165, 1.54) is 28.7 Å². The Morgan fingerprint density at radius 1 is 1.28 bits per heavy atom. The molecule has 1 fully saturated rings. The van der Waals surface area contributed by atoms with Crippen LogP contribution in [0.3, 0.4) is 0 Å². The largest absolute Gasteiger partial charge is 0.364 e. The van der Waals surface area contributed by atoms with Gasteiger partial charge >= 0.3 is 0 Å². The van der Waals surface area contributed by atoms with Gasteiger partial charge in [0.05, 0.1) is 5.39 Å². The van der Waals surface area contributed by atoms with Crippen LogP contribution >= 0.6 is 11.3 Å². The van der Waals surface area contributed by atoms with Crippen molar-refractivity contribution in [3.05, 3.63) is 16.8 Å². The molecule has 4 heteroatoms. The standard InChI is InChI=1S/C14H19N3S/c1-8-9(2)18-13-11(8)12(15-7-16-13)17-14(3,4)10-5-6-10/h7,10H,5-6H2,1-4H3,(H,15,16,17). The van der Waals surface area contributed by atoms with Crippen molar-refractivity contribution in [3.8, 4) is 0 Å². The Hall–Kier alpha value is -1.16. The summed E-state index contributed by atoms with van der Waals surface area (Å²) in [4.78, 5) is 11.3. The number of rotatable bonds is 3. The highest BCUT2D eigenvalue weighted by molar-refractivity contribution is 7.18. The second-order valence-corrected chi connectivity index (χ2v) is 7.01. The van der Waals surface area contributed by atoms with E-state index in [-0.39, 0.29) is 5.54 Å². The minimum Gasteiger partial charge on any atom is -0.364 e. The van der Waals surface area contributed by atoms with Crippen LogP contribution in [0.5, 0.6) is 0 Å². The molecule has 0 radical (unpaired) electrons. The third kappa shape index (κ3) is 1.88. The average molecular weight is 261 g/mol. The fourth-order valence-electron chi connectivity index (χ4n) is 2.49. The Morgan fingerprint density at radius 3 is 2.67 bits per heavy atom. The molecule has 0 aromatic carbocycles. The molecule has 2 aromatic rings. The van der Waals surface area contributed by atoms with Crippen LogP contribution in [0.15, 0.2) is 6.33 Å². The summed E-state index contributed by atoms with van der Waals surface area (Å²) in [7, 11) is 0. The molecule has 3 nitrogen and oxygen atoms in total. The lowest BCUT2D eigenvalue weighted by molar-refractivity contribution is 0.493. The molecule has 2 aromatic heterocycles.